The Morgan fingerprint density at radius 1 is 1.33 bits per heavy atom. The lowest BCUT2D eigenvalue weighted by molar-refractivity contribution is -0.142. The number of aliphatic carboxylic acids is 1. The number of pyridine rings is 1. The van der Waals surface area contributed by atoms with E-state index in [2.05, 4.69) is 9.71 Å². The second-order valence-corrected chi connectivity index (χ2v) is 8.09. The molecule has 0 amide bonds. The minimum absolute atomic E-state index is 0.0636. The van der Waals surface area contributed by atoms with Crippen LogP contribution in [0.25, 0.3) is 10.9 Å². The molecule has 6 nitrogen and oxygen atoms in total. The monoisotopic (exact) mass is 350 g/mol. The van der Waals surface area contributed by atoms with Crippen molar-refractivity contribution in [3.8, 4) is 0 Å². The lowest BCUT2D eigenvalue weighted by Gasteiger charge is -2.16. The van der Waals surface area contributed by atoms with Crippen molar-refractivity contribution in [2.24, 2.45) is 11.8 Å². The number of rotatable bonds is 7. The number of sulfonamides is 1. The zero-order chi connectivity index (χ0) is 17.9. The van der Waals surface area contributed by atoms with Crippen molar-refractivity contribution in [1.82, 2.24) is 9.71 Å². The highest BCUT2D eigenvalue weighted by atomic mass is 32.2. The summed E-state index contributed by atoms with van der Waals surface area (Å²) >= 11 is 0. The van der Waals surface area contributed by atoms with Crippen LogP contribution in [0.15, 0.2) is 35.4 Å². The van der Waals surface area contributed by atoms with Crippen molar-refractivity contribution in [2.45, 2.75) is 32.1 Å². The topological polar surface area (TPSA) is 96.4 Å². The molecule has 1 aromatic heterocycles. The molecule has 0 fully saturated rings. The molecule has 1 aromatic carbocycles. The van der Waals surface area contributed by atoms with Gasteiger partial charge in [-0.05, 0) is 37.0 Å². The molecule has 0 aliphatic carbocycles. The van der Waals surface area contributed by atoms with Crippen LogP contribution in [0.1, 0.15) is 25.8 Å². The molecule has 0 saturated heterocycles. The van der Waals surface area contributed by atoms with Gasteiger partial charge in [0.2, 0.25) is 10.0 Å². The Hall–Kier alpha value is -1.99. The predicted octanol–water partition coefficient (Wildman–Crippen LogP) is 2.57. The standard InChI is InChI=1S/C17H22N2O4S/c1-11(2)7-14(17(20)21)10-19-24(22,23)15-6-4-5-13-8-12(3)9-18-16(13)15/h4-6,8-9,11,14,19H,7,10H2,1-3H3,(H,20,21). The largest absolute Gasteiger partial charge is 0.481 e. The van der Waals surface area contributed by atoms with Gasteiger partial charge in [-0.3, -0.25) is 9.78 Å². The van der Waals surface area contributed by atoms with Gasteiger partial charge in [-0.2, -0.15) is 0 Å². The van der Waals surface area contributed by atoms with Crippen LogP contribution in [-0.2, 0) is 14.8 Å². The maximum atomic E-state index is 12.6. The van der Waals surface area contributed by atoms with E-state index in [1.807, 2.05) is 26.8 Å². The number of nitrogens with zero attached hydrogens (tertiary/aromatic N) is 1. The maximum absolute atomic E-state index is 12.6. The zero-order valence-corrected chi connectivity index (χ0v) is 14.8. The quantitative estimate of drug-likeness (QED) is 0.800. The number of hydrogen-bond donors (Lipinski definition) is 2. The second kappa shape index (κ2) is 7.27. The Balaban J connectivity index is 2.29. The van der Waals surface area contributed by atoms with Gasteiger partial charge in [0.25, 0.3) is 0 Å². The van der Waals surface area contributed by atoms with Crippen molar-refractivity contribution >= 4 is 26.9 Å². The highest BCUT2D eigenvalue weighted by Crippen LogP contribution is 2.22. The van der Waals surface area contributed by atoms with Gasteiger partial charge in [0.15, 0.2) is 0 Å². The Bertz CT molecular complexity index is 847. The molecule has 2 aromatic rings. The van der Waals surface area contributed by atoms with Gasteiger partial charge in [-0.15, -0.1) is 0 Å². The highest BCUT2D eigenvalue weighted by molar-refractivity contribution is 7.89. The first-order valence-electron chi connectivity index (χ1n) is 7.78. The molecule has 2 N–H and O–H groups in total. The maximum Gasteiger partial charge on any atom is 0.307 e. The van der Waals surface area contributed by atoms with Crippen LogP contribution < -0.4 is 4.72 Å². The number of aromatic nitrogens is 1. The lowest BCUT2D eigenvalue weighted by Crippen LogP contribution is -2.33. The van der Waals surface area contributed by atoms with Crippen LogP contribution in [0.2, 0.25) is 0 Å². The molecule has 0 radical (unpaired) electrons. The second-order valence-electron chi connectivity index (χ2n) is 6.36. The van der Waals surface area contributed by atoms with Gasteiger partial charge in [0, 0.05) is 18.1 Å². The average Bonchev–Trinajstić information content (AvgIpc) is 2.49. The summed E-state index contributed by atoms with van der Waals surface area (Å²) in [7, 11) is -3.84. The predicted molar refractivity (Wildman–Crippen MR) is 92.2 cm³/mol. The van der Waals surface area contributed by atoms with Gasteiger partial charge < -0.3 is 5.11 Å². The van der Waals surface area contributed by atoms with Crippen molar-refractivity contribution in [1.29, 1.82) is 0 Å². The Morgan fingerprint density at radius 2 is 2.04 bits per heavy atom. The summed E-state index contributed by atoms with van der Waals surface area (Å²) in [5, 5.41) is 9.98. The number of carboxylic acids is 1. The lowest BCUT2D eigenvalue weighted by atomic mass is 9.98. The number of para-hydroxylation sites is 1. The minimum Gasteiger partial charge on any atom is -0.481 e. The first-order chi connectivity index (χ1) is 11.2. The van der Waals surface area contributed by atoms with Gasteiger partial charge >= 0.3 is 5.97 Å². The summed E-state index contributed by atoms with van der Waals surface area (Å²) in [6.45, 7) is 5.55. The van der Waals surface area contributed by atoms with E-state index < -0.39 is 21.9 Å². The van der Waals surface area contributed by atoms with Gasteiger partial charge in [-0.25, -0.2) is 13.1 Å². The fourth-order valence-electron chi connectivity index (χ4n) is 2.59. The number of benzene rings is 1. The van der Waals surface area contributed by atoms with E-state index >= 15 is 0 Å². The number of aryl methyl sites for hydroxylation is 1. The van der Waals surface area contributed by atoms with Crippen LogP contribution in [0.3, 0.4) is 0 Å². The molecule has 0 spiro atoms. The molecule has 0 bridgehead atoms. The van der Waals surface area contributed by atoms with Crippen molar-refractivity contribution in [2.75, 3.05) is 6.54 Å². The van der Waals surface area contributed by atoms with E-state index in [9.17, 15) is 18.3 Å². The molecule has 24 heavy (non-hydrogen) atoms. The summed E-state index contributed by atoms with van der Waals surface area (Å²) in [5.41, 5.74) is 1.32. The van der Waals surface area contributed by atoms with Gasteiger partial charge in [0.1, 0.15) is 4.90 Å². The van der Waals surface area contributed by atoms with E-state index in [0.717, 1.165) is 10.9 Å². The molecule has 0 saturated carbocycles. The average molecular weight is 350 g/mol. The molecular formula is C17H22N2O4S. The Kier molecular flexibility index (Phi) is 5.56. The van der Waals surface area contributed by atoms with E-state index in [-0.39, 0.29) is 17.4 Å². The zero-order valence-electron chi connectivity index (χ0n) is 14.0. The number of carboxylic acid groups (broad SMARTS) is 1. The normalized spacial score (nSPS) is 13.3. The number of fused-ring (bicyclic) bond motifs is 1. The van der Waals surface area contributed by atoms with Crippen LogP contribution in [0, 0.1) is 18.8 Å². The summed E-state index contributed by atoms with van der Waals surface area (Å²) in [6, 6.07) is 6.79. The third kappa shape index (κ3) is 4.30. The molecule has 130 valence electrons. The summed E-state index contributed by atoms with van der Waals surface area (Å²) < 4.78 is 27.6. The molecule has 0 aliphatic rings. The Labute approximate surface area is 142 Å². The van der Waals surface area contributed by atoms with E-state index in [4.69, 9.17) is 0 Å². The minimum atomic E-state index is -3.84. The summed E-state index contributed by atoms with van der Waals surface area (Å²) in [4.78, 5) is 15.6. The van der Waals surface area contributed by atoms with E-state index in [0.29, 0.717) is 11.9 Å². The first kappa shape index (κ1) is 18.4. The van der Waals surface area contributed by atoms with Crippen LogP contribution in [0.4, 0.5) is 0 Å². The van der Waals surface area contributed by atoms with E-state index in [1.165, 1.54) is 6.07 Å². The molecule has 0 aliphatic heterocycles. The van der Waals surface area contributed by atoms with Gasteiger partial charge in [-0.1, -0.05) is 26.0 Å². The smallest absolute Gasteiger partial charge is 0.307 e. The number of carbonyl (C=O) groups is 1. The molecular weight excluding hydrogens is 328 g/mol. The van der Waals surface area contributed by atoms with Crippen LogP contribution in [0.5, 0.6) is 0 Å². The van der Waals surface area contributed by atoms with Gasteiger partial charge in [0.05, 0.1) is 11.4 Å². The third-order valence-corrected chi connectivity index (χ3v) is 5.18. The Morgan fingerprint density at radius 3 is 2.67 bits per heavy atom. The molecule has 1 atom stereocenters. The summed E-state index contributed by atoms with van der Waals surface area (Å²) in [6.07, 6.45) is 2.02. The molecule has 7 heteroatoms. The van der Waals surface area contributed by atoms with E-state index in [1.54, 1.807) is 18.3 Å². The fraction of sp³-hybridized carbons (Fsp3) is 0.412. The third-order valence-electron chi connectivity index (χ3n) is 3.73. The SMILES string of the molecule is Cc1cnc2c(S(=O)(=O)NCC(CC(C)C)C(=O)O)cccc2c1. The fourth-order valence-corrected chi connectivity index (χ4v) is 3.85. The van der Waals surface area contributed by atoms with Crippen molar-refractivity contribution in [3.63, 3.8) is 0 Å². The first-order valence-corrected chi connectivity index (χ1v) is 9.27. The molecule has 2 rings (SSSR count). The highest BCUT2D eigenvalue weighted by Gasteiger charge is 2.24. The molecule has 1 heterocycles. The van der Waals surface area contributed by atoms with Crippen LogP contribution >= 0.6 is 0 Å². The number of nitrogens with one attached hydrogen (secondary N) is 1. The summed E-state index contributed by atoms with van der Waals surface area (Å²) in [5.74, 6) is -1.60. The number of hydrogen-bond acceptors (Lipinski definition) is 4. The molecule has 1 unspecified atom stereocenters. The van der Waals surface area contributed by atoms with Crippen molar-refractivity contribution < 1.29 is 18.3 Å². The van der Waals surface area contributed by atoms with Crippen molar-refractivity contribution in [3.05, 3.63) is 36.0 Å². The van der Waals surface area contributed by atoms with Crippen LogP contribution in [-0.4, -0.2) is 31.0 Å².